The van der Waals surface area contributed by atoms with Gasteiger partial charge in [-0.25, -0.2) is 19.6 Å². The molecule has 0 aliphatic carbocycles. The number of benzene rings is 3. The first-order valence-electron chi connectivity index (χ1n) is 10.8. The quantitative estimate of drug-likeness (QED) is 0.149. The lowest BCUT2D eigenvalue weighted by atomic mass is 10.1. The van der Waals surface area contributed by atoms with Crippen LogP contribution < -0.4 is 9.47 Å². The van der Waals surface area contributed by atoms with Gasteiger partial charge < -0.3 is 14.2 Å². The van der Waals surface area contributed by atoms with E-state index in [0.717, 1.165) is 22.8 Å². The van der Waals surface area contributed by atoms with Gasteiger partial charge in [0.2, 0.25) is 6.79 Å². The Morgan fingerprint density at radius 2 is 1.40 bits per heavy atom. The first-order valence-corrected chi connectivity index (χ1v) is 10.8. The lowest BCUT2D eigenvalue weighted by Gasteiger charge is -2.08. The molecular formula is C28H22N2O5. The maximum Gasteiger partial charge on any atom is 0.343 e. The fourth-order valence-corrected chi connectivity index (χ4v) is 3.11. The number of ether oxygens (including phenoxy) is 3. The van der Waals surface area contributed by atoms with Crippen molar-refractivity contribution in [3.63, 3.8) is 0 Å². The summed E-state index contributed by atoms with van der Waals surface area (Å²) in [4.78, 5) is 32.4. The van der Waals surface area contributed by atoms with Gasteiger partial charge in [0.25, 0.3) is 0 Å². The summed E-state index contributed by atoms with van der Waals surface area (Å²) < 4.78 is 15.5. The fourth-order valence-electron chi connectivity index (χ4n) is 3.11. The van der Waals surface area contributed by atoms with Crippen molar-refractivity contribution in [1.82, 2.24) is 9.97 Å². The largest absolute Gasteiger partial charge is 0.457 e. The standard InChI is InChI=1S/C28H22N2O5/c1-3-26(31)34-18-33-24-12-10-22(11-13-24)28(32)35-25-14-8-21(9-15-25)27-29-16-23(17-30-27)20-6-4-19(2)5-7-20/h3-17H,1,18H2,2H3. The number of carbonyl (C=O) groups is 2. The Morgan fingerprint density at radius 3 is 2.03 bits per heavy atom. The second kappa shape index (κ2) is 10.9. The minimum absolute atomic E-state index is 0.251. The SMILES string of the molecule is C=CC(=O)OCOc1ccc(C(=O)Oc2ccc(-c3ncc(-c4ccc(C)cc4)cn3)cc2)cc1. The minimum atomic E-state index is -0.581. The lowest BCUT2D eigenvalue weighted by Crippen LogP contribution is -2.09. The van der Waals surface area contributed by atoms with Gasteiger partial charge in [-0.05, 0) is 61.0 Å². The van der Waals surface area contributed by atoms with E-state index >= 15 is 0 Å². The number of aromatic nitrogens is 2. The molecule has 7 heteroatoms. The Bertz CT molecular complexity index is 1310. The summed E-state index contributed by atoms with van der Waals surface area (Å²) in [5.74, 6) is 0.319. The van der Waals surface area contributed by atoms with Crippen LogP contribution in [0.5, 0.6) is 11.5 Å². The van der Waals surface area contributed by atoms with Crippen LogP contribution >= 0.6 is 0 Å². The zero-order valence-corrected chi connectivity index (χ0v) is 19.0. The average Bonchev–Trinajstić information content (AvgIpc) is 2.90. The second-order valence-electron chi connectivity index (χ2n) is 7.53. The van der Waals surface area contributed by atoms with Crippen LogP contribution in [0.1, 0.15) is 15.9 Å². The first-order chi connectivity index (χ1) is 17.0. The van der Waals surface area contributed by atoms with Crippen molar-refractivity contribution in [3.05, 3.63) is 109 Å². The van der Waals surface area contributed by atoms with Crippen molar-refractivity contribution in [2.45, 2.75) is 6.92 Å². The Kier molecular flexibility index (Phi) is 7.28. The van der Waals surface area contributed by atoms with Crippen LogP contribution in [0.2, 0.25) is 0 Å². The van der Waals surface area contributed by atoms with Gasteiger partial charge in [0.15, 0.2) is 5.82 Å². The normalized spacial score (nSPS) is 10.3. The van der Waals surface area contributed by atoms with Crippen LogP contribution in [0, 0.1) is 6.92 Å². The molecule has 0 N–H and O–H groups in total. The first kappa shape index (κ1) is 23.4. The van der Waals surface area contributed by atoms with Crippen LogP contribution in [-0.4, -0.2) is 28.7 Å². The topological polar surface area (TPSA) is 87.6 Å². The number of carbonyl (C=O) groups excluding carboxylic acids is 2. The van der Waals surface area contributed by atoms with Crippen molar-refractivity contribution in [3.8, 4) is 34.0 Å². The van der Waals surface area contributed by atoms with Gasteiger partial charge in [0.1, 0.15) is 11.5 Å². The third kappa shape index (κ3) is 6.17. The molecule has 0 atom stereocenters. The molecule has 0 aliphatic heterocycles. The molecule has 4 rings (SSSR count). The number of hydrogen-bond acceptors (Lipinski definition) is 7. The molecule has 0 radical (unpaired) electrons. The summed E-state index contributed by atoms with van der Waals surface area (Å²) in [6.07, 6.45) is 4.62. The summed E-state index contributed by atoms with van der Waals surface area (Å²) in [5, 5.41) is 0. The third-order valence-corrected chi connectivity index (χ3v) is 5.04. The molecule has 0 amide bonds. The molecule has 0 fully saturated rings. The number of nitrogens with zero attached hydrogens (tertiary/aromatic N) is 2. The molecule has 0 saturated heterocycles. The highest BCUT2D eigenvalue weighted by Gasteiger charge is 2.10. The molecule has 0 spiro atoms. The second-order valence-corrected chi connectivity index (χ2v) is 7.53. The van der Waals surface area contributed by atoms with Crippen LogP contribution in [0.25, 0.3) is 22.5 Å². The molecule has 174 valence electrons. The summed E-state index contributed by atoms with van der Waals surface area (Å²) >= 11 is 0. The lowest BCUT2D eigenvalue weighted by molar-refractivity contribution is -0.144. The van der Waals surface area contributed by atoms with Crippen LogP contribution in [-0.2, 0) is 9.53 Å². The number of hydrogen-bond donors (Lipinski definition) is 0. The van der Waals surface area contributed by atoms with E-state index in [2.05, 4.69) is 28.7 Å². The molecular weight excluding hydrogens is 444 g/mol. The average molecular weight is 466 g/mol. The maximum absolute atomic E-state index is 12.4. The van der Waals surface area contributed by atoms with Crippen molar-refractivity contribution in [1.29, 1.82) is 0 Å². The number of rotatable bonds is 8. The van der Waals surface area contributed by atoms with Gasteiger partial charge in [0, 0.05) is 29.6 Å². The highest BCUT2D eigenvalue weighted by molar-refractivity contribution is 5.91. The fraction of sp³-hybridized carbons (Fsp3) is 0.0714. The predicted molar refractivity (Wildman–Crippen MR) is 131 cm³/mol. The van der Waals surface area contributed by atoms with E-state index in [9.17, 15) is 9.59 Å². The summed E-state index contributed by atoms with van der Waals surface area (Å²) in [6, 6.07) is 21.4. The van der Waals surface area contributed by atoms with Crippen LogP contribution in [0.3, 0.4) is 0 Å². The van der Waals surface area contributed by atoms with Crippen molar-refractivity contribution in [2.24, 2.45) is 0 Å². The highest BCUT2D eigenvalue weighted by Crippen LogP contribution is 2.23. The van der Waals surface area contributed by atoms with Gasteiger partial charge >= 0.3 is 11.9 Å². The van der Waals surface area contributed by atoms with E-state index in [-0.39, 0.29) is 6.79 Å². The number of aryl methyl sites for hydroxylation is 1. The third-order valence-electron chi connectivity index (χ3n) is 5.04. The van der Waals surface area contributed by atoms with Gasteiger partial charge in [0.05, 0.1) is 5.56 Å². The Morgan fingerprint density at radius 1 is 0.800 bits per heavy atom. The molecule has 0 bridgehead atoms. The van der Waals surface area contributed by atoms with E-state index in [1.54, 1.807) is 60.9 Å². The Balaban J connectivity index is 1.35. The van der Waals surface area contributed by atoms with Gasteiger partial charge in [-0.1, -0.05) is 36.4 Å². The molecule has 1 aromatic heterocycles. The van der Waals surface area contributed by atoms with Crippen LogP contribution in [0.15, 0.2) is 97.8 Å². The van der Waals surface area contributed by atoms with Crippen molar-refractivity contribution >= 4 is 11.9 Å². The van der Waals surface area contributed by atoms with Gasteiger partial charge in [-0.3, -0.25) is 0 Å². The summed E-state index contributed by atoms with van der Waals surface area (Å²) in [5.41, 5.74) is 4.34. The smallest absolute Gasteiger partial charge is 0.343 e. The van der Waals surface area contributed by atoms with E-state index in [4.69, 9.17) is 14.2 Å². The zero-order chi connectivity index (χ0) is 24.6. The maximum atomic E-state index is 12.4. The van der Waals surface area contributed by atoms with Crippen LogP contribution in [0.4, 0.5) is 0 Å². The van der Waals surface area contributed by atoms with Crippen molar-refractivity contribution < 1.29 is 23.8 Å². The van der Waals surface area contributed by atoms with Gasteiger partial charge in [-0.15, -0.1) is 0 Å². The molecule has 4 aromatic rings. The van der Waals surface area contributed by atoms with E-state index < -0.39 is 11.9 Å². The summed E-state index contributed by atoms with van der Waals surface area (Å²) in [7, 11) is 0. The molecule has 1 heterocycles. The highest BCUT2D eigenvalue weighted by atomic mass is 16.7. The zero-order valence-electron chi connectivity index (χ0n) is 19.0. The molecule has 7 nitrogen and oxygen atoms in total. The summed E-state index contributed by atoms with van der Waals surface area (Å²) in [6.45, 7) is 5.09. The van der Waals surface area contributed by atoms with E-state index in [1.807, 2.05) is 19.1 Å². The molecule has 3 aromatic carbocycles. The Hall–Kier alpha value is -4.78. The molecule has 0 unspecified atom stereocenters. The Labute approximate surface area is 202 Å². The van der Waals surface area contributed by atoms with Gasteiger partial charge in [-0.2, -0.15) is 0 Å². The van der Waals surface area contributed by atoms with E-state index in [0.29, 0.717) is 22.9 Å². The molecule has 35 heavy (non-hydrogen) atoms. The van der Waals surface area contributed by atoms with Crippen molar-refractivity contribution in [2.75, 3.05) is 6.79 Å². The molecule has 0 saturated carbocycles. The minimum Gasteiger partial charge on any atom is -0.457 e. The number of esters is 2. The predicted octanol–water partition coefficient (Wildman–Crippen LogP) is 5.40. The molecule has 0 aliphatic rings. The monoisotopic (exact) mass is 466 g/mol. The van der Waals surface area contributed by atoms with E-state index in [1.165, 1.54) is 5.56 Å².